The maximum atomic E-state index is 11.5. The van der Waals surface area contributed by atoms with Gasteiger partial charge in [-0.25, -0.2) is 4.18 Å². The summed E-state index contributed by atoms with van der Waals surface area (Å²) in [5.41, 5.74) is 0. The van der Waals surface area contributed by atoms with Crippen LogP contribution in [0.3, 0.4) is 0 Å². The highest BCUT2D eigenvalue weighted by atomic mass is 32.3. The molecule has 0 aliphatic rings. The molecule has 4 nitrogen and oxygen atoms in total. The first-order valence-corrected chi connectivity index (χ1v) is 8.11. The monoisotopic (exact) mass is 286 g/mol. The third-order valence-corrected chi connectivity index (χ3v) is 3.52. The van der Waals surface area contributed by atoms with Crippen LogP contribution in [0.15, 0.2) is 30.3 Å². The average molecular weight is 286 g/mol. The van der Waals surface area contributed by atoms with Crippen molar-refractivity contribution in [1.82, 2.24) is 0 Å². The van der Waals surface area contributed by atoms with Crippen molar-refractivity contribution in [2.24, 2.45) is 0 Å². The predicted molar refractivity (Wildman–Crippen MR) is 75.3 cm³/mol. The van der Waals surface area contributed by atoms with E-state index in [4.69, 9.17) is 8.37 Å². The molecule has 1 aromatic carbocycles. The van der Waals surface area contributed by atoms with Crippen LogP contribution in [0, 0.1) is 0 Å². The first kappa shape index (κ1) is 16.0. The molecule has 0 amide bonds. The topological polar surface area (TPSA) is 52.6 Å². The molecular weight excluding hydrogens is 264 g/mol. The molecule has 0 radical (unpaired) electrons. The molecule has 0 aliphatic carbocycles. The van der Waals surface area contributed by atoms with E-state index in [9.17, 15) is 8.42 Å². The SMILES string of the molecule is CCCCCCCCOS(=O)(=O)Oc1ccccc1. The molecule has 0 spiro atoms. The molecule has 1 rings (SSSR count). The van der Waals surface area contributed by atoms with Gasteiger partial charge in [-0.15, -0.1) is 0 Å². The van der Waals surface area contributed by atoms with Crippen molar-refractivity contribution >= 4 is 10.4 Å². The normalized spacial score (nSPS) is 11.4. The second-order valence-electron chi connectivity index (χ2n) is 4.39. The van der Waals surface area contributed by atoms with Gasteiger partial charge >= 0.3 is 10.4 Å². The fourth-order valence-corrected chi connectivity index (χ4v) is 2.38. The van der Waals surface area contributed by atoms with Crippen LogP contribution in [0.2, 0.25) is 0 Å². The van der Waals surface area contributed by atoms with Crippen molar-refractivity contribution in [3.8, 4) is 5.75 Å². The fraction of sp³-hybridized carbons (Fsp3) is 0.571. The van der Waals surface area contributed by atoms with Crippen LogP contribution in [-0.2, 0) is 14.6 Å². The first-order valence-electron chi connectivity index (χ1n) is 6.78. The summed E-state index contributed by atoms with van der Waals surface area (Å²) in [6.45, 7) is 2.35. The highest BCUT2D eigenvalue weighted by Gasteiger charge is 2.12. The lowest BCUT2D eigenvalue weighted by molar-refractivity contribution is 0.266. The first-order chi connectivity index (χ1) is 9.14. The summed E-state index contributed by atoms with van der Waals surface area (Å²) in [6, 6.07) is 8.35. The summed E-state index contributed by atoms with van der Waals surface area (Å²) >= 11 is 0. The number of unbranched alkanes of at least 4 members (excludes halogenated alkanes) is 5. The van der Waals surface area contributed by atoms with E-state index < -0.39 is 10.4 Å². The molecule has 5 heteroatoms. The van der Waals surface area contributed by atoms with E-state index in [1.54, 1.807) is 30.3 Å². The lowest BCUT2D eigenvalue weighted by Gasteiger charge is -2.06. The highest BCUT2D eigenvalue weighted by molar-refractivity contribution is 7.82. The van der Waals surface area contributed by atoms with E-state index in [2.05, 4.69) is 6.92 Å². The number of hydrogen-bond acceptors (Lipinski definition) is 4. The van der Waals surface area contributed by atoms with Gasteiger partial charge in [-0.05, 0) is 18.6 Å². The van der Waals surface area contributed by atoms with E-state index in [0.29, 0.717) is 0 Å². The molecule has 19 heavy (non-hydrogen) atoms. The Morgan fingerprint density at radius 2 is 1.58 bits per heavy atom. The smallest absolute Gasteiger partial charge is 0.362 e. The summed E-state index contributed by atoms with van der Waals surface area (Å²) in [5.74, 6) is 0.269. The second kappa shape index (κ2) is 8.93. The fourth-order valence-electron chi connectivity index (χ4n) is 1.66. The number of benzene rings is 1. The second-order valence-corrected chi connectivity index (χ2v) is 5.61. The van der Waals surface area contributed by atoms with Gasteiger partial charge in [-0.2, -0.15) is 8.42 Å². The zero-order valence-electron chi connectivity index (χ0n) is 11.4. The standard InChI is InChI=1S/C14H22O4S/c1-2-3-4-5-6-10-13-17-19(15,16)18-14-11-8-7-9-12-14/h7-9,11-12H,2-6,10,13H2,1H3. The molecular formula is C14H22O4S. The van der Waals surface area contributed by atoms with Gasteiger partial charge in [-0.1, -0.05) is 57.2 Å². The molecule has 1 aromatic rings. The summed E-state index contributed by atoms with van der Waals surface area (Å²) in [6.07, 6.45) is 6.48. The Morgan fingerprint density at radius 1 is 0.947 bits per heavy atom. The summed E-state index contributed by atoms with van der Waals surface area (Å²) in [4.78, 5) is 0. The largest absolute Gasteiger partial charge is 0.449 e. The summed E-state index contributed by atoms with van der Waals surface area (Å²) in [5, 5.41) is 0. The van der Waals surface area contributed by atoms with Crippen LogP contribution in [0.5, 0.6) is 5.75 Å². The van der Waals surface area contributed by atoms with Gasteiger partial charge in [0.2, 0.25) is 0 Å². The molecule has 0 fully saturated rings. The molecule has 0 N–H and O–H groups in total. The van der Waals surface area contributed by atoms with E-state index >= 15 is 0 Å². The quantitative estimate of drug-likeness (QED) is 0.616. The minimum atomic E-state index is -3.93. The van der Waals surface area contributed by atoms with Crippen LogP contribution in [0.25, 0.3) is 0 Å². The van der Waals surface area contributed by atoms with E-state index in [1.165, 1.54) is 19.3 Å². The van der Waals surface area contributed by atoms with Gasteiger partial charge in [0.05, 0.1) is 6.61 Å². The Balaban J connectivity index is 2.17. The zero-order valence-corrected chi connectivity index (χ0v) is 12.2. The summed E-state index contributed by atoms with van der Waals surface area (Å²) < 4.78 is 32.6. The Morgan fingerprint density at radius 3 is 2.26 bits per heavy atom. The molecule has 0 saturated carbocycles. The van der Waals surface area contributed by atoms with Gasteiger partial charge in [0, 0.05) is 0 Å². The molecule has 0 bridgehead atoms. The van der Waals surface area contributed by atoms with Gasteiger partial charge in [0.1, 0.15) is 5.75 Å². The molecule has 0 aromatic heterocycles. The number of rotatable bonds is 10. The Hall–Kier alpha value is -1.07. The van der Waals surface area contributed by atoms with Gasteiger partial charge in [-0.3, -0.25) is 0 Å². The third kappa shape index (κ3) is 7.85. The van der Waals surface area contributed by atoms with Crippen LogP contribution < -0.4 is 4.18 Å². The molecule has 0 unspecified atom stereocenters. The number of hydrogen-bond donors (Lipinski definition) is 0. The van der Waals surface area contributed by atoms with Crippen molar-refractivity contribution in [3.05, 3.63) is 30.3 Å². The number of para-hydroxylation sites is 1. The van der Waals surface area contributed by atoms with Gasteiger partial charge in [0.15, 0.2) is 0 Å². The maximum Gasteiger partial charge on any atom is 0.449 e. The molecule has 0 saturated heterocycles. The zero-order chi connectivity index (χ0) is 14.0. The Bertz CT molecular complexity index is 428. The van der Waals surface area contributed by atoms with Crippen LogP contribution >= 0.6 is 0 Å². The van der Waals surface area contributed by atoms with E-state index in [0.717, 1.165) is 19.3 Å². The van der Waals surface area contributed by atoms with Crippen LogP contribution in [-0.4, -0.2) is 15.0 Å². The minimum absolute atomic E-state index is 0.182. The molecule has 108 valence electrons. The van der Waals surface area contributed by atoms with Crippen molar-refractivity contribution in [1.29, 1.82) is 0 Å². The maximum absolute atomic E-state index is 11.5. The summed E-state index contributed by atoms with van der Waals surface area (Å²) in [7, 11) is -3.93. The predicted octanol–water partition coefficient (Wildman–Crippen LogP) is 3.69. The van der Waals surface area contributed by atoms with Crippen LogP contribution in [0.1, 0.15) is 45.4 Å². The molecule has 0 aliphatic heterocycles. The van der Waals surface area contributed by atoms with Crippen molar-refractivity contribution in [3.63, 3.8) is 0 Å². The Labute approximate surface area is 116 Å². The van der Waals surface area contributed by atoms with Crippen molar-refractivity contribution in [2.45, 2.75) is 45.4 Å². The Kier molecular flexibility index (Phi) is 7.52. The van der Waals surface area contributed by atoms with Gasteiger partial charge < -0.3 is 4.18 Å². The third-order valence-electron chi connectivity index (χ3n) is 2.67. The average Bonchev–Trinajstić information content (AvgIpc) is 2.38. The lowest BCUT2D eigenvalue weighted by atomic mass is 10.1. The highest BCUT2D eigenvalue weighted by Crippen LogP contribution is 2.13. The van der Waals surface area contributed by atoms with Gasteiger partial charge in [0.25, 0.3) is 0 Å². The lowest BCUT2D eigenvalue weighted by Crippen LogP contribution is -2.14. The van der Waals surface area contributed by atoms with Crippen LogP contribution in [0.4, 0.5) is 0 Å². The van der Waals surface area contributed by atoms with Crippen molar-refractivity contribution < 1.29 is 16.8 Å². The molecule has 0 heterocycles. The van der Waals surface area contributed by atoms with E-state index in [-0.39, 0.29) is 12.4 Å². The van der Waals surface area contributed by atoms with E-state index in [1.807, 2.05) is 0 Å². The molecule has 0 atom stereocenters. The minimum Gasteiger partial charge on any atom is -0.362 e. The van der Waals surface area contributed by atoms with Crippen molar-refractivity contribution in [2.75, 3.05) is 6.61 Å².